The fourth-order valence-corrected chi connectivity index (χ4v) is 2.93. The summed E-state index contributed by atoms with van der Waals surface area (Å²) in [7, 11) is 0. The van der Waals surface area contributed by atoms with Crippen molar-refractivity contribution in [1.29, 1.82) is 0 Å². The minimum absolute atomic E-state index is 0.00781. The third-order valence-electron chi connectivity index (χ3n) is 3.88. The SMILES string of the molecule is CC1(C)CCC(C=O)=C(c2ccc(C(F)(F)F)cc2Cl)C1. The smallest absolute Gasteiger partial charge is 0.298 e. The van der Waals surface area contributed by atoms with Gasteiger partial charge in [0.25, 0.3) is 0 Å². The van der Waals surface area contributed by atoms with Crippen molar-refractivity contribution in [2.24, 2.45) is 5.41 Å². The summed E-state index contributed by atoms with van der Waals surface area (Å²) in [6, 6.07) is 3.30. The van der Waals surface area contributed by atoms with E-state index < -0.39 is 11.7 Å². The first kappa shape index (κ1) is 16.1. The second-order valence-electron chi connectivity index (χ2n) is 6.16. The summed E-state index contributed by atoms with van der Waals surface area (Å²) in [5, 5.41) is 0.0388. The number of alkyl halides is 3. The molecule has 5 heteroatoms. The van der Waals surface area contributed by atoms with Gasteiger partial charge in [0.2, 0.25) is 0 Å². The molecule has 0 aliphatic heterocycles. The summed E-state index contributed by atoms with van der Waals surface area (Å²) >= 11 is 6.03. The maximum absolute atomic E-state index is 12.7. The Kier molecular flexibility index (Phi) is 4.20. The van der Waals surface area contributed by atoms with Gasteiger partial charge in [-0.1, -0.05) is 31.5 Å². The van der Waals surface area contributed by atoms with Crippen LogP contribution in [0.25, 0.3) is 5.57 Å². The average Bonchev–Trinajstić information content (AvgIpc) is 2.36. The van der Waals surface area contributed by atoms with Crippen LogP contribution in [0.1, 0.15) is 44.2 Å². The van der Waals surface area contributed by atoms with E-state index in [-0.39, 0.29) is 10.4 Å². The van der Waals surface area contributed by atoms with Gasteiger partial charge in [-0.05, 0) is 53.5 Å². The molecule has 0 fully saturated rings. The van der Waals surface area contributed by atoms with E-state index in [1.807, 2.05) is 0 Å². The maximum Gasteiger partial charge on any atom is 0.416 e. The first-order chi connectivity index (χ1) is 9.64. The Morgan fingerprint density at radius 2 is 1.95 bits per heavy atom. The number of rotatable bonds is 2. The van der Waals surface area contributed by atoms with Crippen molar-refractivity contribution in [3.8, 4) is 0 Å². The highest BCUT2D eigenvalue weighted by molar-refractivity contribution is 6.32. The van der Waals surface area contributed by atoms with Crippen LogP contribution in [0.4, 0.5) is 13.2 Å². The van der Waals surface area contributed by atoms with Crippen LogP contribution in [0.2, 0.25) is 5.02 Å². The monoisotopic (exact) mass is 316 g/mol. The van der Waals surface area contributed by atoms with Crippen LogP contribution in [0.3, 0.4) is 0 Å². The molecular weight excluding hydrogens is 301 g/mol. The number of hydrogen-bond acceptors (Lipinski definition) is 1. The van der Waals surface area contributed by atoms with E-state index in [2.05, 4.69) is 13.8 Å². The second kappa shape index (κ2) is 5.48. The normalized spacial score (nSPS) is 18.8. The van der Waals surface area contributed by atoms with E-state index in [9.17, 15) is 18.0 Å². The van der Waals surface area contributed by atoms with Crippen molar-refractivity contribution >= 4 is 23.5 Å². The van der Waals surface area contributed by atoms with Crippen LogP contribution in [-0.4, -0.2) is 6.29 Å². The molecule has 0 aromatic heterocycles. The Morgan fingerprint density at radius 3 is 2.48 bits per heavy atom. The van der Waals surface area contributed by atoms with Gasteiger partial charge in [0.05, 0.1) is 5.56 Å². The topological polar surface area (TPSA) is 17.1 Å². The summed E-state index contributed by atoms with van der Waals surface area (Å²) in [4.78, 5) is 11.2. The van der Waals surface area contributed by atoms with Gasteiger partial charge in [0.1, 0.15) is 6.29 Å². The van der Waals surface area contributed by atoms with Gasteiger partial charge in [-0.15, -0.1) is 0 Å². The highest BCUT2D eigenvalue weighted by Crippen LogP contribution is 2.44. The summed E-state index contributed by atoms with van der Waals surface area (Å²) in [5.74, 6) is 0. The van der Waals surface area contributed by atoms with E-state index in [1.54, 1.807) is 0 Å². The third kappa shape index (κ3) is 3.49. The number of carbonyl (C=O) groups excluding carboxylic acids is 1. The van der Waals surface area contributed by atoms with Gasteiger partial charge in [-0.25, -0.2) is 0 Å². The van der Waals surface area contributed by atoms with E-state index >= 15 is 0 Å². The number of halogens is 4. The molecule has 0 saturated carbocycles. The molecule has 1 nitrogen and oxygen atoms in total. The van der Waals surface area contributed by atoms with Gasteiger partial charge in [0, 0.05) is 5.02 Å². The molecule has 1 aromatic rings. The Balaban J connectivity index is 2.50. The molecule has 2 rings (SSSR count). The highest BCUT2D eigenvalue weighted by atomic mass is 35.5. The van der Waals surface area contributed by atoms with Crippen LogP contribution < -0.4 is 0 Å². The van der Waals surface area contributed by atoms with Gasteiger partial charge < -0.3 is 0 Å². The Labute approximate surface area is 126 Å². The predicted molar refractivity (Wildman–Crippen MR) is 77.1 cm³/mol. The molecule has 0 heterocycles. The van der Waals surface area contributed by atoms with Crippen molar-refractivity contribution in [1.82, 2.24) is 0 Å². The molecule has 1 aliphatic rings. The van der Waals surface area contributed by atoms with Gasteiger partial charge in [-0.3, -0.25) is 4.79 Å². The Hall–Kier alpha value is -1.29. The summed E-state index contributed by atoms with van der Waals surface area (Å²) in [5.41, 5.74) is 1.16. The van der Waals surface area contributed by atoms with Gasteiger partial charge >= 0.3 is 6.18 Å². The minimum atomic E-state index is -4.42. The molecule has 21 heavy (non-hydrogen) atoms. The molecule has 0 atom stereocenters. The largest absolute Gasteiger partial charge is 0.416 e. The molecular formula is C16H16ClF3O. The van der Waals surface area contributed by atoms with Crippen LogP contribution in [-0.2, 0) is 11.0 Å². The van der Waals surface area contributed by atoms with Crippen molar-refractivity contribution < 1.29 is 18.0 Å². The summed E-state index contributed by atoms with van der Waals surface area (Å²) in [6.07, 6.45) is -1.49. The highest BCUT2D eigenvalue weighted by Gasteiger charge is 2.32. The van der Waals surface area contributed by atoms with Crippen molar-refractivity contribution in [2.75, 3.05) is 0 Å². The fourth-order valence-electron chi connectivity index (χ4n) is 2.64. The predicted octanol–water partition coefficient (Wildman–Crippen LogP) is 5.52. The lowest BCUT2D eigenvalue weighted by molar-refractivity contribution is -0.137. The fraction of sp³-hybridized carbons (Fsp3) is 0.438. The van der Waals surface area contributed by atoms with E-state index in [4.69, 9.17) is 11.6 Å². The Morgan fingerprint density at radius 1 is 1.29 bits per heavy atom. The standard InChI is InChI=1S/C16H16ClF3O/c1-15(2)6-5-10(9-21)13(8-15)12-4-3-11(7-14(12)17)16(18,19)20/h3-4,7,9H,5-6,8H2,1-2H3. The van der Waals surface area contributed by atoms with E-state index in [0.29, 0.717) is 24.0 Å². The van der Waals surface area contributed by atoms with E-state index in [0.717, 1.165) is 30.4 Å². The number of allylic oxidation sites excluding steroid dienone is 2. The molecule has 0 saturated heterocycles. The molecule has 1 aromatic carbocycles. The van der Waals surface area contributed by atoms with E-state index in [1.165, 1.54) is 6.07 Å². The minimum Gasteiger partial charge on any atom is -0.298 e. The molecule has 0 spiro atoms. The summed E-state index contributed by atoms with van der Waals surface area (Å²) in [6.45, 7) is 4.15. The third-order valence-corrected chi connectivity index (χ3v) is 4.19. The van der Waals surface area contributed by atoms with Crippen molar-refractivity contribution in [3.63, 3.8) is 0 Å². The van der Waals surface area contributed by atoms with Crippen LogP contribution in [0, 0.1) is 5.41 Å². The number of aldehydes is 1. The lowest BCUT2D eigenvalue weighted by Crippen LogP contribution is -2.18. The summed E-state index contributed by atoms with van der Waals surface area (Å²) < 4.78 is 38.0. The molecule has 0 bridgehead atoms. The van der Waals surface area contributed by atoms with Crippen LogP contribution in [0.5, 0.6) is 0 Å². The zero-order valence-electron chi connectivity index (χ0n) is 11.9. The van der Waals surface area contributed by atoms with Gasteiger partial charge in [0.15, 0.2) is 0 Å². The lowest BCUT2D eigenvalue weighted by atomic mass is 9.73. The molecule has 1 aliphatic carbocycles. The van der Waals surface area contributed by atoms with Crippen LogP contribution in [0.15, 0.2) is 23.8 Å². The molecule has 114 valence electrons. The number of benzene rings is 1. The Bertz CT molecular complexity index is 600. The van der Waals surface area contributed by atoms with Crippen molar-refractivity contribution in [2.45, 2.75) is 39.3 Å². The second-order valence-corrected chi connectivity index (χ2v) is 6.56. The number of hydrogen-bond donors (Lipinski definition) is 0. The quantitative estimate of drug-likeness (QED) is 0.656. The zero-order chi connectivity index (χ0) is 15.8. The molecule has 0 N–H and O–H groups in total. The van der Waals surface area contributed by atoms with Crippen LogP contribution >= 0.6 is 11.6 Å². The zero-order valence-corrected chi connectivity index (χ0v) is 12.6. The first-order valence-corrected chi connectivity index (χ1v) is 7.06. The number of carbonyl (C=O) groups is 1. The lowest BCUT2D eigenvalue weighted by Gasteiger charge is -2.32. The molecule has 0 amide bonds. The molecule has 0 radical (unpaired) electrons. The van der Waals surface area contributed by atoms with Crippen molar-refractivity contribution in [3.05, 3.63) is 39.9 Å². The average molecular weight is 317 g/mol. The molecule has 0 unspecified atom stereocenters. The first-order valence-electron chi connectivity index (χ1n) is 6.68. The maximum atomic E-state index is 12.7. The van der Waals surface area contributed by atoms with Gasteiger partial charge in [-0.2, -0.15) is 13.2 Å².